The third kappa shape index (κ3) is 3.88. The number of carboxylic acid groups (broad SMARTS) is 1. The Hall–Kier alpha value is -3.29. The number of carbonyl (C=O) groups is 1. The Morgan fingerprint density at radius 2 is 1.35 bits per heavy atom. The van der Waals surface area contributed by atoms with E-state index in [1.54, 1.807) is 0 Å². The van der Waals surface area contributed by atoms with Crippen LogP contribution in [0.4, 0.5) is 11.4 Å². The topological polar surface area (TPSA) is 124 Å². The highest BCUT2D eigenvalue weighted by Crippen LogP contribution is 2.24. The molecular weight excluding hydrogens is 304 g/mol. The van der Waals surface area contributed by atoms with Gasteiger partial charge in [-0.25, -0.2) is 0 Å². The van der Waals surface area contributed by atoms with Gasteiger partial charge in [-0.1, -0.05) is 24.3 Å². The fraction of sp³-hybridized carbons (Fsp3) is 0.133. The zero-order valence-electron chi connectivity index (χ0n) is 11.8. The van der Waals surface area contributed by atoms with Crippen LogP contribution in [-0.2, 0) is 11.2 Å². The summed E-state index contributed by atoms with van der Waals surface area (Å²) in [7, 11) is 0. The number of carboxylic acids is 1. The average molecular weight is 316 g/mol. The quantitative estimate of drug-likeness (QED) is 0.645. The van der Waals surface area contributed by atoms with E-state index in [1.807, 2.05) is 0 Å². The van der Waals surface area contributed by atoms with Crippen LogP contribution >= 0.6 is 0 Å². The molecule has 8 nitrogen and oxygen atoms in total. The van der Waals surface area contributed by atoms with E-state index in [1.165, 1.54) is 48.5 Å². The van der Waals surface area contributed by atoms with Gasteiger partial charge in [-0.15, -0.1) is 0 Å². The molecule has 0 amide bonds. The summed E-state index contributed by atoms with van der Waals surface area (Å²) < 4.78 is 0. The van der Waals surface area contributed by atoms with E-state index in [0.717, 1.165) is 0 Å². The molecule has 1 N–H and O–H groups in total. The summed E-state index contributed by atoms with van der Waals surface area (Å²) in [5, 5.41) is 30.6. The maximum atomic E-state index is 11.5. The van der Waals surface area contributed by atoms with Gasteiger partial charge in [-0.2, -0.15) is 0 Å². The number of nitro groups is 2. The molecular formula is C15H12N2O6. The maximum absolute atomic E-state index is 11.5. The molecule has 8 heteroatoms. The fourth-order valence-corrected chi connectivity index (χ4v) is 2.17. The van der Waals surface area contributed by atoms with Gasteiger partial charge in [0.15, 0.2) is 0 Å². The molecule has 0 spiro atoms. The van der Waals surface area contributed by atoms with Gasteiger partial charge in [0.1, 0.15) is 0 Å². The van der Waals surface area contributed by atoms with Crippen molar-refractivity contribution in [2.75, 3.05) is 0 Å². The van der Waals surface area contributed by atoms with Gasteiger partial charge in [0.2, 0.25) is 0 Å². The number of rotatable bonds is 6. The molecule has 1 atom stereocenters. The molecule has 0 saturated heterocycles. The Balaban J connectivity index is 2.23. The van der Waals surface area contributed by atoms with E-state index in [9.17, 15) is 30.1 Å². The minimum absolute atomic E-state index is 0.0732. The summed E-state index contributed by atoms with van der Waals surface area (Å²) in [6, 6.07) is 10.9. The lowest BCUT2D eigenvalue weighted by molar-refractivity contribution is -0.385. The Labute approximate surface area is 130 Å². The first-order valence-corrected chi connectivity index (χ1v) is 6.59. The number of hydrogen-bond donors (Lipinski definition) is 1. The first-order chi connectivity index (χ1) is 10.9. The van der Waals surface area contributed by atoms with Crippen molar-refractivity contribution >= 4 is 17.3 Å². The van der Waals surface area contributed by atoms with Gasteiger partial charge in [-0.3, -0.25) is 25.0 Å². The molecule has 0 aromatic heterocycles. The molecule has 2 aromatic rings. The lowest BCUT2D eigenvalue weighted by Crippen LogP contribution is -2.14. The standard InChI is InChI=1S/C15H12N2O6/c18-15(19)14(11-3-7-13(8-4-11)17(22)23)9-10-1-5-12(6-2-10)16(20)21/h1-8,14H,9H2,(H,18,19). The molecule has 0 aliphatic carbocycles. The van der Waals surface area contributed by atoms with E-state index in [4.69, 9.17) is 0 Å². The van der Waals surface area contributed by atoms with E-state index in [0.29, 0.717) is 11.1 Å². The zero-order chi connectivity index (χ0) is 17.0. The predicted molar refractivity (Wildman–Crippen MR) is 80.3 cm³/mol. The third-order valence-electron chi connectivity index (χ3n) is 3.39. The average Bonchev–Trinajstić information content (AvgIpc) is 2.53. The first kappa shape index (κ1) is 16.1. The van der Waals surface area contributed by atoms with E-state index in [-0.39, 0.29) is 17.8 Å². The van der Waals surface area contributed by atoms with Gasteiger partial charge < -0.3 is 5.11 Å². The Kier molecular flexibility index (Phi) is 4.65. The van der Waals surface area contributed by atoms with Crippen molar-refractivity contribution in [3.8, 4) is 0 Å². The predicted octanol–water partition coefficient (Wildman–Crippen LogP) is 2.91. The normalized spacial score (nSPS) is 11.7. The van der Waals surface area contributed by atoms with Crippen LogP contribution in [0.5, 0.6) is 0 Å². The van der Waals surface area contributed by atoms with E-state index < -0.39 is 21.7 Å². The van der Waals surface area contributed by atoms with Gasteiger partial charge in [0.05, 0.1) is 15.8 Å². The molecule has 2 aromatic carbocycles. The monoisotopic (exact) mass is 316 g/mol. The number of benzene rings is 2. The number of hydrogen-bond acceptors (Lipinski definition) is 5. The van der Waals surface area contributed by atoms with Crippen molar-refractivity contribution in [3.05, 3.63) is 79.9 Å². The zero-order valence-corrected chi connectivity index (χ0v) is 11.8. The lowest BCUT2D eigenvalue weighted by atomic mass is 9.92. The minimum Gasteiger partial charge on any atom is -0.481 e. The van der Waals surface area contributed by atoms with E-state index in [2.05, 4.69) is 0 Å². The molecule has 0 fully saturated rings. The Morgan fingerprint density at radius 1 is 0.913 bits per heavy atom. The van der Waals surface area contributed by atoms with Gasteiger partial charge in [-0.05, 0) is 17.5 Å². The Bertz CT molecular complexity index is 740. The number of nitro benzene ring substituents is 2. The van der Waals surface area contributed by atoms with Crippen LogP contribution in [0.1, 0.15) is 17.0 Å². The van der Waals surface area contributed by atoms with Crippen LogP contribution in [0, 0.1) is 20.2 Å². The van der Waals surface area contributed by atoms with Crippen molar-refractivity contribution in [1.29, 1.82) is 0 Å². The number of non-ortho nitro benzene ring substituents is 2. The molecule has 0 aliphatic heterocycles. The van der Waals surface area contributed by atoms with Crippen LogP contribution in [0.25, 0.3) is 0 Å². The van der Waals surface area contributed by atoms with Gasteiger partial charge >= 0.3 is 5.97 Å². The first-order valence-electron chi connectivity index (χ1n) is 6.59. The lowest BCUT2D eigenvalue weighted by Gasteiger charge is -2.12. The summed E-state index contributed by atoms with van der Waals surface area (Å²) in [5.74, 6) is -1.96. The summed E-state index contributed by atoms with van der Waals surface area (Å²) in [6.07, 6.45) is 0.130. The SMILES string of the molecule is O=C(O)C(Cc1ccc([N+](=O)[O-])cc1)c1ccc([N+](=O)[O-])cc1. The smallest absolute Gasteiger partial charge is 0.311 e. The van der Waals surface area contributed by atoms with Crippen molar-refractivity contribution in [3.63, 3.8) is 0 Å². The maximum Gasteiger partial charge on any atom is 0.311 e. The van der Waals surface area contributed by atoms with Gasteiger partial charge in [0, 0.05) is 24.3 Å². The van der Waals surface area contributed by atoms with Crippen LogP contribution in [0.2, 0.25) is 0 Å². The summed E-state index contributed by atoms with van der Waals surface area (Å²) in [6.45, 7) is 0. The molecule has 1 unspecified atom stereocenters. The highest BCUT2D eigenvalue weighted by atomic mass is 16.6. The van der Waals surface area contributed by atoms with Crippen molar-refractivity contribution in [1.82, 2.24) is 0 Å². The molecule has 23 heavy (non-hydrogen) atoms. The highest BCUT2D eigenvalue weighted by molar-refractivity contribution is 5.76. The third-order valence-corrected chi connectivity index (χ3v) is 3.39. The fourth-order valence-electron chi connectivity index (χ4n) is 2.17. The molecule has 0 aliphatic rings. The van der Waals surface area contributed by atoms with Crippen molar-refractivity contribution in [2.45, 2.75) is 12.3 Å². The summed E-state index contributed by atoms with van der Waals surface area (Å²) in [4.78, 5) is 31.6. The van der Waals surface area contributed by atoms with Crippen LogP contribution in [0.3, 0.4) is 0 Å². The Morgan fingerprint density at radius 3 is 1.74 bits per heavy atom. The molecule has 0 heterocycles. The largest absolute Gasteiger partial charge is 0.481 e. The van der Waals surface area contributed by atoms with Crippen LogP contribution < -0.4 is 0 Å². The van der Waals surface area contributed by atoms with E-state index >= 15 is 0 Å². The van der Waals surface area contributed by atoms with Gasteiger partial charge in [0.25, 0.3) is 11.4 Å². The number of nitrogens with zero attached hydrogens (tertiary/aromatic N) is 2. The van der Waals surface area contributed by atoms with Crippen LogP contribution in [-0.4, -0.2) is 20.9 Å². The highest BCUT2D eigenvalue weighted by Gasteiger charge is 2.21. The summed E-state index contributed by atoms with van der Waals surface area (Å²) in [5.41, 5.74) is 0.868. The molecule has 0 saturated carbocycles. The second kappa shape index (κ2) is 6.65. The minimum atomic E-state index is -1.07. The second-order valence-electron chi connectivity index (χ2n) is 4.87. The van der Waals surface area contributed by atoms with Crippen molar-refractivity contribution < 1.29 is 19.7 Å². The molecule has 2 rings (SSSR count). The second-order valence-corrected chi connectivity index (χ2v) is 4.87. The molecule has 118 valence electrons. The molecule has 0 radical (unpaired) electrons. The van der Waals surface area contributed by atoms with Crippen molar-refractivity contribution in [2.24, 2.45) is 0 Å². The molecule has 0 bridgehead atoms. The number of aliphatic carboxylic acids is 1. The van der Waals surface area contributed by atoms with Crippen LogP contribution in [0.15, 0.2) is 48.5 Å². The summed E-state index contributed by atoms with van der Waals surface area (Å²) >= 11 is 0.